The van der Waals surface area contributed by atoms with Crippen molar-refractivity contribution in [3.05, 3.63) is 30.3 Å². The molecule has 1 aromatic carbocycles. The van der Waals surface area contributed by atoms with Gasteiger partial charge in [-0.3, -0.25) is 0 Å². The molecule has 0 amide bonds. The number of carbonyl (C=O) groups excluding carboxylic acids is 1. The van der Waals surface area contributed by atoms with E-state index in [2.05, 4.69) is 44.2 Å². The quantitative estimate of drug-likeness (QED) is 0.557. The first-order valence-corrected chi connectivity index (χ1v) is 7.76. The number of hydrogen-bond acceptors (Lipinski definition) is 2. The van der Waals surface area contributed by atoms with Crippen molar-refractivity contribution in [2.45, 2.75) is 38.0 Å². The van der Waals surface area contributed by atoms with E-state index in [0.29, 0.717) is 5.92 Å². The highest BCUT2D eigenvalue weighted by Gasteiger charge is 2.44. The summed E-state index contributed by atoms with van der Waals surface area (Å²) >= 11 is 1.94. The van der Waals surface area contributed by atoms with Crippen LogP contribution in [0, 0.1) is 17.3 Å². The Morgan fingerprint density at radius 2 is 2.17 bits per heavy atom. The number of rotatable bonds is 6. The van der Waals surface area contributed by atoms with Gasteiger partial charge in [-0.05, 0) is 42.2 Å². The number of benzene rings is 1. The zero-order valence-corrected chi connectivity index (χ0v) is 12.1. The van der Waals surface area contributed by atoms with Gasteiger partial charge < -0.3 is 4.79 Å². The molecule has 0 radical (unpaired) electrons. The summed E-state index contributed by atoms with van der Waals surface area (Å²) in [6.07, 6.45) is 4.35. The van der Waals surface area contributed by atoms with Gasteiger partial charge in [-0.1, -0.05) is 32.0 Å². The zero-order chi connectivity index (χ0) is 13.0. The maximum absolute atomic E-state index is 10.8. The smallest absolute Gasteiger partial charge is 0.120 e. The summed E-state index contributed by atoms with van der Waals surface area (Å²) in [7, 11) is 0. The average molecular weight is 262 g/mol. The van der Waals surface area contributed by atoms with Crippen molar-refractivity contribution in [2.24, 2.45) is 17.3 Å². The highest BCUT2D eigenvalue weighted by Crippen LogP contribution is 2.52. The summed E-state index contributed by atoms with van der Waals surface area (Å²) in [4.78, 5) is 12.1. The van der Waals surface area contributed by atoms with Crippen LogP contribution < -0.4 is 0 Å². The van der Waals surface area contributed by atoms with Crippen LogP contribution in [-0.2, 0) is 4.79 Å². The summed E-state index contributed by atoms with van der Waals surface area (Å²) < 4.78 is 0. The van der Waals surface area contributed by atoms with Crippen molar-refractivity contribution in [3.63, 3.8) is 0 Å². The lowest BCUT2D eigenvalue weighted by Crippen LogP contribution is -2.42. The SMILES string of the molecule is CC(CSc1ccccc1)C1CCC1(C)CC=O. The van der Waals surface area contributed by atoms with Gasteiger partial charge in [-0.25, -0.2) is 0 Å². The molecular weight excluding hydrogens is 240 g/mol. The van der Waals surface area contributed by atoms with Gasteiger partial charge in [-0.15, -0.1) is 11.8 Å². The van der Waals surface area contributed by atoms with E-state index in [0.717, 1.165) is 24.4 Å². The van der Waals surface area contributed by atoms with Gasteiger partial charge in [-0.2, -0.15) is 0 Å². The maximum atomic E-state index is 10.8. The fourth-order valence-corrected chi connectivity index (χ4v) is 4.12. The molecule has 0 bridgehead atoms. The number of hydrogen-bond donors (Lipinski definition) is 0. The maximum Gasteiger partial charge on any atom is 0.120 e. The minimum atomic E-state index is 0.276. The Balaban J connectivity index is 1.85. The van der Waals surface area contributed by atoms with E-state index in [-0.39, 0.29) is 5.41 Å². The molecule has 1 aromatic rings. The Kier molecular flexibility index (Phi) is 4.50. The Morgan fingerprint density at radius 1 is 1.44 bits per heavy atom. The van der Waals surface area contributed by atoms with Crippen LogP contribution in [0.3, 0.4) is 0 Å². The largest absolute Gasteiger partial charge is 0.303 e. The summed E-state index contributed by atoms with van der Waals surface area (Å²) in [5.74, 6) is 2.57. The molecule has 0 heterocycles. The molecule has 1 fully saturated rings. The van der Waals surface area contributed by atoms with Crippen molar-refractivity contribution < 1.29 is 4.79 Å². The molecule has 98 valence electrons. The van der Waals surface area contributed by atoms with Crippen molar-refractivity contribution >= 4 is 18.0 Å². The molecule has 2 rings (SSSR count). The summed E-state index contributed by atoms with van der Waals surface area (Å²) in [5, 5.41) is 0. The first-order valence-electron chi connectivity index (χ1n) is 6.77. The van der Waals surface area contributed by atoms with Crippen LogP contribution in [0.15, 0.2) is 35.2 Å². The van der Waals surface area contributed by atoms with Gasteiger partial charge in [0.1, 0.15) is 6.29 Å². The molecule has 0 spiro atoms. The highest BCUT2D eigenvalue weighted by atomic mass is 32.2. The minimum absolute atomic E-state index is 0.276. The van der Waals surface area contributed by atoms with Crippen LogP contribution >= 0.6 is 11.8 Å². The lowest BCUT2D eigenvalue weighted by molar-refractivity contribution is -0.113. The number of thioether (sulfide) groups is 1. The Bertz CT molecular complexity index is 389. The number of aldehydes is 1. The molecule has 0 aromatic heterocycles. The topological polar surface area (TPSA) is 17.1 Å². The second-order valence-corrected chi connectivity index (χ2v) is 6.86. The molecule has 0 aliphatic heterocycles. The molecule has 1 aliphatic rings. The summed E-state index contributed by atoms with van der Waals surface area (Å²) in [6, 6.07) is 10.6. The van der Waals surface area contributed by atoms with Crippen LogP contribution in [0.5, 0.6) is 0 Å². The molecule has 1 aliphatic carbocycles. The third-order valence-corrected chi connectivity index (χ3v) is 5.71. The lowest BCUT2D eigenvalue weighted by atomic mass is 9.56. The zero-order valence-electron chi connectivity index (χ0n) is 11.3. The van der Waals surface area contributed by atoms with Gasteiger partial charge in [0.25, 0.3) is 0 Å². The lowest BCUT2D eigenvalue weighted by Gasteiger charge is -2.49. The van der Waals surface area contributed by atoms with Crippen LogP contribution in [-0.4, -0.2) is 12.0 Å². The van der Waals surface area contributed by atoms with Gasteiger partial charge >= 0.3 is 0 Å². The molecule has 1 nitrogen and oxygen atoms in total. The van der Waals surface area contributed by atoms with Crippen molar-refractivity contribution in [1.29, 1.82) is 0 Å². The summed E-state index contributed by atoms with van der Waals surface area (Å²) in [6.45, 7) is 4.61. The molecule has 0 N–H and O–H groups in total. The van der Waals surface area contributed by atoms with E-state index in [1.807, 2.05) is 11.8 Å². The molecule has 1 saturated carbocycles. The van der Waals surface area contributed by atoms with Crippen LogP contribution in [0.1, 0.15) is 33.1 Å². The first kappa shape index (κ1) is 13.7. The molecule has 3 atom stereocenters. The third-order valence-electron chi connectivity index (χ3n) is 4.41. The van der Waals surface area contributed by atoms with E-state index in [1.54, 1.807) is 0 Å². The second-order valence-electron chi connectivity index (χ2n) is 5.77. The van der Waals surface area contributed by atoms with E-state index in [4.69, 9.17) is 0 Å². The van der Waals surface area contributed by atoms with Gasteiger partial charge in [0.15, 0.2) is 0 Å². The van der Waals surface area contributed by atoms with E-state index in [1.165, 1.54) is 17.7 Å². The van der Waals surface area contributed by atoms with Crippen molar-refractivity contribution in [3.8, 4) is 0 Å². The summed E-state index contributed by atoms with van der Waals surface area (Å²) in [5.41, 5.74) is 0.276. The van der Waals surface area contributed by atoms with Crippen LogP contribution in [0.4, 0.5) is 0 Å². The fraction of sp³-hybridized carbons (Fsp3) is 0.562. The van der Waals surface area contributed by atoms with Gasteiger partial charge in [0.05, 0.1) is 0 Å². The third kappa shape index (κ3) is 2.97. The van der Waals surface area contributed by atoms with Crippen molar-refractivity contribution in [1.82, 2.24) is 0 Å². The minimum Gasteiger partial charge on any atom is -0.303 e. The van der Waals surface area contributed by atoms with Gasteiger partial charge in [0, 0.05) is 17.1 Å². The van der Waals surface area contributed by atoms with E-state index in [9.17, 15) is 4.79 Å². The van der Waals surface area contributed by atoms with E-state index < -0.39 is 0 Å². The fourth-order valence-electron chi connectivity index (χ4n) is 3.08. The van der Waals surface area contributed by atoms with Crippen molar-refractivity contribution in [2.75, 3.05) is 5.75 Å². The Labute approximate surface area is 114 Å². The normalized spacial score (nSPS) is 28.4. The Morgan fingerprint density at radius 3 is 2.72 bits per heavy atom. The van der Waals surface area contributed by atoms with Gasteiger partial charge in [0.2, 0.25) is 0 Å². The van der Waals surface area contributed by atoms with Crippen LogP contribution in [0.2, 0.25) is 0 Å². The highest BCUT2D eigenvalue weighted by molar-refractivity contribution is 7.99. The monoisotopic (exact) mass is 262 g/mol. The second kappa shape index (κ2) is 5.92. The molecule has 3 unspecified atom stereocenters. The predicted molar refractivity (Wildman–Crippen MR) is 77.8 cm³/mol. The standard InChI is InChI=1S/C16H22OS/c1-13(12-18-14-6-4-3-5-7-14)15-8-9-16(15,2)10-11-17/h3-7,11,13,15H,8-10,12H2,1-2H3. The molecule has 18 heavy (non-hydrogen) atoms. The first-order chi connectivity index (χ1) is 8.65. The number of carbonyl (C=O) groups is 1. The van der Waals surface area contributed by atoms with Crippen LogP contribution in [0.25, 0.3) is 0 Å². The molecular formula is C16H22OS. The average Bonchev–Trinajstić information content (AvgIpc) is 2.37. The molecule has 2 heteroatoms. The Hall–Kier alpha value is -0.760. The predicted octanol–water partition coefficient (Wildman–Crippen LogP) is 4.42. The van der Waals surface area contributed by atoms with E-state index >= 15 is 0 Å². The molecule has 0 saturated heterocycles.